The summed E-state index contributed by atoms with van der Waals surface area (Å²) in [5.41, 5.74) is 1.04. The van der Waals surface area contributed by atoms with E-state index in [1.165, 1.54) is 36.4 Å². The van der Waals surface area contributed by atoms with Crippen molar-refractivity contribution in [2.45, 2.75) is 13.8 Å². The van der Waals surface area contributed by atoms with Gasteiger partial charge in [0.2, 0.25) is 6.79 Å². The minimum atomic E-state index is -1.10. The van der Waals surface area contributed by atoms with Crippen LogP contribution < -0.4 is 18.9 Å². The van der Waals surface area contributed by atoms with Crippen LogP contribution in [0.5, 0.6) is 23.0 Å². The number of rotatable bonds is 10. The van der Waals surface area contributed by atoms with Crippen molar-refractivity contribution in [2.75, 3.05) is 13.4 Å². The Bertz CT molecular complexity index is 1310. The molecule has 0 aromatic heterocycles. The van der Waals surface area contributed by atoms with Crippen LogP contribution in [0.15, 0.2) is 79.4 Å². The molecule has 0 amide bonds. The molecule has 0 unspecified atom stereocenters. The second-order valence-electron chi connectivity index (χ2n) is 7.47. The molecule has 0 spiro atoms. The molecule has 3 aromatic rings. The summed E-state index contributed by atoms with van der Waals surface area (Å²) >= 11 is 0. The molecule has 0 saturated carbocycles. The molecule has 0 N–H and O–H groups in total. The van der Waals surface area contributed by atoms with E-state index in [1.54, 1.807) is 37.3 Å². The fourth-order valence-electron chi connectivity index (χ4n) is 3.01. The minimum Gasteiger partial charge on any atom is -0.494 e. The number of carbonyl (C=O) groups is 4. The lowest BCUT2D eigenvalue weighted by molar-refractivity contribution is -0.146. The summed E-state index contributed by atoms with van der Waals surface area (Å²) in [4.78, 5) is 47.6. The summed E-state index contributed by atoms with van der Waals surface area (Å²) in [5, 5.41) is 0. The summed E-state index contributed by atoms with van der Waals surface area (Å²) in [6, 6.07) is 16.7. The second-order valence-corrected chi connectivity index (χ2v) is 7.47. The highest BCUT2D eigenvalue weighted by molar-refractivity contribution is 5.94. The Balaban J connectivity index is 1.54. The molecule has 0 bridgehead atoms. The van der Waals surface area contributed by atoms with Gasteiger partial charge in [-0.25, -0.2) is 19.2 Å². The molecule has 0 heterocycles. The molecule has 38 heavy (non-hydrogen) atoms. The molecule has 0 radical (unpaired) electrons. The molecule has 0 aliphatic rings. The van der Waals surface area contributed by atoms with E-state index in [2.05, 4.69) is 16.1 Å². The standard InChI is InChI=1S/C28H24O10/c1-4-25(29)34-17-35-28(32)38-22-8-6-19(7-9-22)26(30)37-23-14-15-24(18(3)16-23)27(31)36-21-12-10-20(11-13-21)33-5-2/h4,6-16H,1,5,17H2,2-3H3. The first-order chi connectivity index (χ1) is 18.3. The van der Waals surface area contributed by atoms with E-state index in [0.29, 0.717) is 29.2 Å². The number of esters is 3. The van der Waals surface area contributed by atoms with Gasteiger partial charge in [-0.15, -0.1) is 0 Å². The zero-order valence-electron chi connectivity index (χ0n) is 20.6. The third-order valence-electron chi connectivity index (χ3n) is 4.81. The average molecular weight is 520 g/mol. The maximum absolute atomic E-state index is 12.6. The normalized spacial score (nSPS) is 10.1. The number of hydrogen-bond acceptors (Lipinski definition) is 10. The van der Waals surface area contributed by atoms with Gasteiger partial charge in [-0.05, 0) is 86.1 Å². The minimum absolute atomic E-state index is 0.0906. The largest absolute Gasteiger partial charge is 0.516 e. The Labute approximate surface area is 218 Å². The van der Waals surface area contributed by atoms with Crippen molar-refractivity contribution in [3.8, 4) is 23.0 Å². The summed E-state index contributed by atoms with van der Waals surface area (Å²) in [6.45, 7) is 6.67. The summed E-state index contributed by atoms with van der Waals surface area (Å²) in [5.74, 6) is -0.629. The molecule has 196 valence electrons. The Kier molecular flexibility index (Phi) is 9.59. The number of benzene rings is 3. The Morgan fingerprint density at radius 2 is 1.32 bits per heavy atom. The zero-order chi connectivity index (χ0) is 27.5. The van der Waals surface area contributed by atoms with Gasteiger partial charge in [-0.2, -0.15) is 0 Å². The molecular weight excluding hydrogens is 496 g/mol. The molecule has 0 aliphatic carbocycles. The molecule has 3 rings (SSSR count). The van der Waals surface area contributed by atoms with E-state index in [1.807, 2.05) is 6.92 Å². The lowest BCUT2D eigenvalue weighted by Crippen LogP contribution is -2.15. The van der Waals surface area contributed by atoms with Crippen molar-refractivity contribution >= 4 is 24.1 Å². The van der Waals surface area contributed by atoms with Crippen LogP contribution in [-0.4, -0.2) is 37.5 Å². The third kappa shape index (κ3) is 7.95. The first-order valence-corrected chi connectivity index (χ1v) is 11.3. The summed E-state index contributed by atoms with van der Waals surface area (Å²) < 4.78 is 30.2. The van der Waals surface area contributed by atoms with Crippen LogP contribution in [0.4, 0.5) is 4.79 Å². The summed E-state index contributed by atoms with van der Waals surface area (Å²) in [6.07, 6.45) is -0.185. The quantitative estimate of drug-likeness (QED) is 0.118. The first-order valence-electron chi connectivity index (χ1n) is 11.3. The van der Waals surface area contributed by atoms with Gasteiger partial charge in [0.05, 0.1) is 17.7 Å². The van der Waals surface area contributed by atoms with Crippen molar-refractivity contribution in [3.63, 3.8) is 0 Å². The number of aryl methyl sites for hydroxylation is 1. The van der Waals surface area contributed by atoms with Crippen LogP contribution in [0.25, 0.3) is 0 Å². The lowest BCUT2D eigenvalue weighted by atomic mass is 10.1. The van der Waals surface area contributed by atoms with Gasteiger partial charge >= 0.3 is 24.1 Å². The van der Waals surface area contributed by atoms with E-state index >= 15 is 0 Å². The molecule has 0 aliphatic heterocycles. The van der Waals surface area contributed by atoms with E-state index < -0.39 is 30.9 Å². The van der Waals surface area contributed by atoms with Gasteiger partial charge in [0.1, 0.15) is 23.0 Å². The highest BCUT2D eigenvalue weighted by Crippen LogP contribution is 2.23. The van der Waals surface area contributed by atoms with Crippen molar-refractivity contribution in [3.05, 3.63) is 96.1 Å². The fourth-order valence-corrected chi connectivity index (χ4v) is 3.01. The van der Waals surface area contributed by atoms with E-state index in [-0.39, 0.29) is 17.1 Å². The molecule has 0 saturated heterocycles. The smallest absolute Gasteiger partial charge is 0.494 e. The molecule has 10 nitrogen and oxygen atoms in total. The van der Waals surface area contributed by atoms with Gasteiger partial charge < -0.3 is 28.4 Å². The van der Waals surface area contributed by atoms with Crippen LogP contribution in [0.2, 0.25) is 0 Å². The fraction of sp³-hybridized carbons (Fsp3) is 0.143. The lowest BCUT2D eigenvalue weighted by Gasteiger charge is -2.10. The van der Waals surface area contributed by atoms with Gasteiger partial charge in [0.25, 0.3) is 0 Å². The van der Waals surface area contributed by atoms with Gasteiger partial charge in [0, 0.05) is 6.08 Å². The third-order valence-corrected chi connectivity index (χ3v) is 4.81. The molecule has 3 aromatic carbocycles. The van der Waals surface area contributed by atoms with E-state index in [0.717, 1.165) is 6.08 Å². The van der Waals surface area contributed by atoms with Crippen LogP contribution in [0.3, 0.4) is 0 Å². The first kappa shape index (κ1) is 27.5. The zero-order valence-corrected chi connectivity index (χ0v) is 20.6. The highest BCUT2D eigenvalue weighted by Gasteiger charge is 2.15. The average Bonchev–Trinajstić information content (AvgIpc) is 2.90. The van der Waals surface area contributed by atoms with Crippen LogP contribution in [-0.2, 0) is 14.3 Å². The predicted molar refractivity (Wildman–Crippen MR) is 133 cm³/mol. The monoisotopic (exact) mass is 520 g/mol. The van der Waals surface area contributed by atoms with Gasteiger partial charge in [0.15, 0.2) is 0 Å². The van der Waals surface area contributed by atoms with Crippen LogP contribution in [0, 0.1) is 6.92 Å². The van der Waals surface area contributed by atoms with E-state index in [4.69, 9.17) is 18.9 Å². The van der Waals surface area contributed by atoms with Crippen molar-refractivity contribution in [2.24, 2.45) is 0 Å². The molecule has 0 fully saturated rings. The SMILES string of the molecule is C=CC(=O)OCOC(=O)Oc1ccc(C(=O)Oc2ccc(C(=O)Oc3ccc(OCC)cc3)c(C)c2)cc1. The van der Waals surface area contributed by atoms with Crippen LogP contribution >= 0.6 is 0 Å². The second kappa shape index (κ2) is 13.3. The number of ether oxygens (including phenoxy) is 6. The van der Waals surface area contributed by atoms with Crippen molar-refractivity contribution in [1.82, 2.24) is 0 Å². The predicted octanol–water partition coefficient (Wildman–Crippen LogP) is 5.03. The van der Waals surface area contributed by atoms with Crippen LogP contribution in [0.1, 0.15) is 33.2 Å². The Morgan fingerprint density at radius 1 is 0.737 bits per heavy atom. The number of hydrogen-bond donors (Lipinski definition) is 0. The number of carbonyl (C=O) groups excluding carboxylic acids is 4. The molecule has 0 atom stereocenters. The molecular formula is C28H24O10. The Hall–Kier alpha value is -5.12. The highest BCUT2D eigenvalue weighted by atomic mass is 16.8. The molecule has 10 heteroatoms. The maximum Gasteiger partial charge on any atom is 0.516 e. The Morgan fingerprint density at radius 3 is 1.95 bits per heavy atom. The van der Waals surface area contributed by atoms with Crippen molar-refractivity contribution < 1.29 is 47.6 Å². The van der Waals surface area contributed by atoms with E-state index in [9.17, 15) is 19.2 Å². The van der Waals surface area contributed by atoms with Crippen molar-refractivity contribution in [1.29, 1.82) is 0 Å². The maximum atomic E-state index is 12.6. The van der Waals surface area contributed by atoms with Gasteiger partial charge in [-0.3, -0.25) is 0 Å². The topological polar surface area (TPSA) is 124 Å². The van der Waals surface area contributed by atoms with Gasteiger partial charge in [-0.1, -0.05) is 6.58 Å². The summed E-state index contributed by atoms with van der Waals surface area (Å²) in [7, 11) is 0.